The molecule has 0 radical (unpaired) electrons. The number of alkyl halides is 1. The van der Waals surface area contributed by atoms with Crippen molar-refractivity contribution in [2.45, 2.75) is 31.3 Å². The molecule has 1 aliphatic heterocycles. The number of carbonyl (C=O) groups excluding carboxylic acids is 2. The van der Waals surface area contributed by atoms with E-state index in [4.69, 9.17) is 11.6 Å². The van der Waals surface area contributed by atoms with Crippen LogP contribution in [0.25, 0.3) is 0 Å². The molecular formula is C12H13ClN2O4S. The number of aromatic nitrogens is 2. The number of hydrogen-bond donors (Lipinski definition) is 0. The SMILES string of the molecule is Cc1c2n(c(=O)n(CCCCCl)c1=O)C(=O)C(=O)CS2. The average Bonchev–Trinajstić information content (AvgIpc) is 2.43. The van der Waals surface area contributed by atoms with Gasteiger partial charge in [-0.25, -0.2) is 9.36 Å². The Balaban J connectivity index is 2.59. The summed E-state index contributed by atoms with van der Waals surface area (Å²) in [6, 6.07) is 0. The molecule has 0 saturated heterocycles. The molecule has 0 unspecified atom stereocenters. The number of thioether (sulfide) groups is 1. The molecule has 2 heterocycles. The minimum Gasteiger partial charge on any atom is -0.288 e. The second kappa shape index (κ2) is 5.97. The van der Waals surface area contributed by atoms with Crippen LogP contribution in [0.1, 0.15) is 23.2 Å². The van der Waals surface area contributed by atoms with Gasteiger partial charge in [0.1, 0.15) is 0 Å². The van der Waals surface area contributed by atoms with Crippen LogP contribution in [0, 0.1) is 6.92 Å². The van der Waals surface area contributed by atoms with Gasteiger partial charge >= 0.3 is 11.6 Å². The topological polar surface area (TPSA) is 78.1 Å². The third-order valence-electron chi connectivity index (χ3n) is 3.06. The maximum atomic E-state index is 12.2. The van der Waals surface area contributed by atoms with E-state index in [1.165, 1.54) is 0 Å². The summed E-state index contributed by atoms with van der Waals surface area (Å²) in [6.45, 7) is 1.75. The van der Waals surface area contributed by atoms with E-state index < -0.39 is 22.9 Å². The average molecular weight is 317 g/mol. The molecule has 0 aromatic carbocycles. The Bertz CT molecular complexity index is 692. The van der Waals surface area contributed by atoms with Crippen molar-refractivity contribution in [2.75, 3.05) is 11.6 Å². The first-order chi connectivity index (χ1) is 9.49. The first-order valence-electron chi connectivity index (χ1n) is 6.11. The van der Waals surface area contributed by atoms with E-state index in [9.17, 15) is 19.2 Å². The van der Waals surface area contributed by atoms with Gasteiger partial charge in [-0.05, 0) is 19.8 Å². The zero-order valence-electron chi connectivity index (χ0n) is 10.8. The number of rotatable bonds is 4. The first-order valence-corrected chi connectivity index (χ1v) is 7.63. The fraction of sp³-hybridized carbons (Fsp3) is 0.500. The molecule has 1 aliphatic rings. The highest BCUT2D eigenvalue weighted by atomic mass is 35.5. The van der Waals surface area contributed by atoms with Crippen molar-refractivity contribution in [3.8, 4) is 0 Å². The normalized spacial score (nSPS) is 14.5. The Labute approximate surface area is 123 Å². The molecule has 0 N–H and O–H groups in total. The lowest BCUT2D eigenvalue weighted by atomic mass is 10.3. The predicted octanol–water partition coefficient (Wildman–Crippen LogP) is 0.652. The van der Waals surface area contributed by atoms with Crippen molar-refractivity contribution >= 4 is 35.1 Å². The number of Topliss-reactive ketones (excluding diaryl/α,β-unsaturated/α-hetero) is 1. The lowest BCUT2D eigenvalue weighted by molar-refractivity contribution is -0.113. The summed E-state index contributed by atoms with van der Waals surface area (Å²) in [5.41, 5.74) is -0.831. The van der Waals surface area contributed by atoms with Crippen molar-refractivity contribution in [3.63, 3.8) is 0 Å². The van der Waals surface area contributed by atoms with Gasteiger partial charge in [-0.3, -0.25) is 19.0 Å². The summed E-state index contributed by atoms with van der Waals surface area (Å²) in [6.07, 6.45) is 1.22. The number of fused-ring (bicyclic) bond motifs is 1. The number of hydrogen-bond acceptors (Lipinski definition) is 5. The number of halogens is 1. The maximum Gasteiger partial charge on any atom is 0.339 e. The minimum atomic E-state index is -0.863. The molecule has 1 aromatic heterocycles. The van der Waals surface area contributed by atoms with E-state index >= 15 is 0 Å². The van der Waals surface area contributed by atoms with E-state index in [0.29, 0.717) is 24.3 Å². The fourth-order valence-corrected chi connectivity index (χ4v) is 3.16. The van der Waals surface area contributed by atoms with E-state index in [1.807, 2.05) is 0 Å². The van der Waals surface area contributed by atoms with Crippen LogP contribution >= 0.6 is 23.4 Å². The monoisotopic (exact) mass is 316 g/mol. The van der Waals surface area contributed by atoms with Crippen LogP contribution in [0.4, 0.5) is 0 Å². The van der Waals surface area contributed by atoms with Crippen molar-refractivity contribution < 1.29 is 9.59 Å². The summed E-state index contributed by atoms with van der Waals surface area (Å²) in [5.74, 6) is -1.09. The third kappa shape index (κ3) is 2.47. The second-order valence-electron chi connectivity index (χ2n) is 4.42. The highest BCUT2D eigenvalue weighted by Gasteiger charge is 2.30. The van der Waals surface area contributed by atoms with Crippen LogP contribution < -0.4 is 11.2 Å². The summed E-state index contributed by atoms with van der Waals surface area (Å²) in [5, 5.41) is 0.276. The van der Waals surface area contributed by atoms with E-state index in [1.54, 1.807) is 6.92 Å². The van der Waals surface area contributed by atoms with Gasteiger partial charge in [-0.15, -0.1) is 11.6 Å². The molecule has 0 saturated carbocycles. The molecule has 0 amide bonds. The molecule has 0 atom stereocenters. The highest BCUT2D eigenvalue weighted by Crippen LogP contribution is 2.22. The third-order valence-corrected chi connectivity index (χ3v) is 4.49. The number of unbranched alkanes of at least 4 members (excludes halogenated alkanes) is 1. The molecule has 20 heavy (non-hydrogen) atoms. The molecule has 8 heteroatoms. The maximum absolute atomic E-state index is 12.2. The van der Waals surface area contributed by atoms with Gasteiger partial charge in [0, 0.05) is 18.0 Å². The Morgan fingerprint density at radius 1 is 1.20 bits per heavy atom. The van der Waals surface area contributed by atoms with Gasteiger partial charge in [-0.2, -0.15) is 0 Å². The highest BCUT2D eigenvalue weighted by molar-refractivity contribution is 8.00. The van der Waals surface area contributed by atoms with Crippen molar-refractivity contribution in [2.24, 2.45) is 0 Å². The fourth-order valence-electron chi connectivity index (χ4n) is 1.99. The van der Waals surface area contributed by atoms with Crippen LogP contribution in [0.5, 0.6) is 0 Å². The summed E-state index contributed by atoms with van der Waals surface area (Å²) in [7, 11) is 0. The Hall–Kier alpha value is -1.34. The molecule has 0 spiro atoms. The Kier molecular flexibility index (Phi) is 4.49. The summed E-state index contributed by atoms with van der Waals surface area (Å²) < 4.78 is 1.82. The smallest absolute Gasteiger partial charge is 0.288 e. The second-order valence-corrected chi connectivity index (χ2v) is 5.76. The van der Waals surface area contributed by atoms with Crippen LogP contribution in [-0.4, -0.2) is 32.5 Å². The Morgan fingerprint density at radius 2 is 1.90 bits per heavy atom. The molecular weight excluding hydrogens is 304 g/mol. The summed E-state index contributed by atoms with van der Waals surface area (Å²) in [4.78, 5) is 47.7. The quantitative estimate of drug-likeness (QED) is 0.353. The van der Waals surface area contributed by atoms with Gasteiger partial charge < -0.3 is 0 Å². The predicted molar refractivity (Wildman–Crippen MR) is 76.0 cm³/mol. The number of nitrogens with zero attached hydrogens (tertiary/aromatic N) is 2. The van der Waals surface area contributed by atoms with Gasteiger partial charge in [0.05, 0.1) is 10.8 Å². The minimum absolute atomic E-state index is 0.0329. The van der Waals surface area contributed by atoms with Gasteiger partial charge in [-0.1, -0.05) is 11.8 Å². The van der Waals surface area contributed by atoms with Gasteiger partial charge in [0.2, 0.25) is 5.78 Å². The van der Waals surface area contributed by atoms with Crippen LogP contribution in [0.3, 0.4) is 0 Å². The molecule has 108 valence electrons. The van der Waals surface area contributed by atoms with Crippen LogP contribution in [0.2, 0.25) is 0 Å². The first kappa shape index (κ1) is 15.1. The van der Waals surface area contributed by atoms with Crippen LogP contribution in [0.15, 0.2) is 14.6 Å². The van der Waals surface area contributed by atoms with Crippen LogP contribution in [-0.2, 0) is 11.3 Å². The molecule has 0 bridgehead atoms. The molecule has 0 aliphatic carbocycles. The number of ketones is 1. The standard InChI is InChI=1S/C12H13ClN2O4S/c1-7-9(17)14(5-3-2-4-13)12(19)15-10(18)8(16)6-20-11(7)15/h2-6H2,1H3. The molecule has 1 aromatic rings. The van der Waals surface area contributed by atoms with Gasteiger partial charge in [0.25, 0.3) is 5.56 Å². The van der Waals surface area contributed by atoms with Crippen molar-refractivity contribution in [3.05, 3.63) is 26.4 Å². The molecule has 2 rings (SSSR count). The molecule has 6 nitrogen and oxygen atoms in total. The Morgan fingerprint density at radius 3 is 2.55 bits per heavy atom. The van der Waals surface area contributed by atoms with E-state index in [0.717, 1.165) is 20.9 Å². The number of carbonyl (C=O) groups is 2. The van der Waals surface area contributed by atoms with Crippen molar-refractivity contribution in [1.82, 2.24) is 9.13 Å². The zero-order chi connectivity index (χ0) is 14.9. The lowest BCUT2D eigenvalue weighted by Crippen LogP contribution is -2.47. The lowest BCUT2D eigenvalue weighted by Gasteiger charge is -2.18. The van der Waals surface area contributed by atoms with E-state index in [-0.39, 0.29) is 17.3 Å². The zero-order valence-corrected chi connectivity index (χ0v) is 12.4. The largest absolute Gasteiger partial charge is 0.339 e. The van der Waals surface area contributed by atoms with Gasteiger partial charge in [0.15, 0.2) is 0 Å². The summed E-state index contributed by atoms with van der Waals surface area (Å²) >= 11 is 6.61. The molecule has 0 fully saturated rings. The van der Waals surface area contributed by atoms with Crippen molar-refractivity contribution in [1.29, 1.82) is 0 Å². The van der Waals surface area contributed by atoms with E-state index in [2.05, 4.69) is 0 Å².